The van der Waals surface area contributed by atoms with E-state index in [4.69, 9.17) is 23.2 Å². The summed E-state index contributed by atoms with van der Waals surface area (Å²) in [6, 6.07) is 8.38. The predicted octanol–water partition coefficient (Wildman–Crippen LogP) is 4.42. The molecule has 0 amide bonds. The van der Waals surface area contributed by atoms with Crippen LogP contribution < -0.4 is 5.43 Å². The van der Waals surface area contributed by atoms with Gasteiger partial charge in [-0.25, -0.2) is 23.9 Å². The number of aliphatic imine (C=N–C) groups is 1. The fourth-order valence-electron chi connectivity index (χ4n) is 4.36. The summed E-state index contributed by atoms with van der Waals surface area (Å²) in [5.41, 5.74) is 4.34. The van der Waals surface area contributed by atoms with Crippen LogP contribution in [0.15, 0.2) is 78.0 Å². The number of hydrazine groups is 1. The number of benzene rings is 2. The van der Waals surface area contributed by atoms with Crippen molar-refractivity contribution in [3.05, 3.63) is 106 Å². The van der Waals surface area contributed by atoms with Crippen LogP contribution in [0.2, 0.25) is 10.0 Å². The maximum Gasteiger partial charge on any atom is 0.137 e. The highest BCUT2D eigenvalue weighted by Crippen LogP contribution is 2.31. The van der Waals surface area contributed by atoms with Gasteiger partial charge in [-0.3, -0.25) is 4.99 Å². The van der Waals surface area contributed by atoms with Crippen molar-refractivity contribution >= 4 is 28.9 Å². The molecule has 2 N–H and O–H groups in total. The van der Waals surface area contributed by atoms with Gasteiger partial charge in [0.25, 0.3) is 0 Å². The molecule has 186 valence electrons. The lowest BCUT2D eigenvalue weighted by molar-refractivity contribution is -0.0195. The van der Waals surface area contributed by atoms with E-state index >= 15 is 0 Å². The zero-order valence-corrected chi connectivity index (χ0v) is 20.5. The van der Waals surface area contributed by atoms with Crippen molar-refractivity contribution in [3.63, 3.8) is 0 Å². The van der Waals surface area contributed by atoms with E-state index in [0.29, 0.717) is 23.0 Å². The molecule has 2 aliphatic rings. The molecule has 0 spiro atoms. The summed E-state index contributed by atoms with van der Waals surface area (Å²) in [6.07, 6.45) is 9.17. The van der Waals surface area contributed by atoms with Gasteiger partial charge in [-0.1, -0.05) is 41.4 Å². The lowest BCUT2D eigenvalue weighted by atomic mass is 9.92. The number of rotatable bonds is 7. The van der Waals surface area contributed by atoms with Gasteiger partial charge < -0.3 is 10.1 Å². The van der Waals surface area contributed by atoms with Crippen molar-refractivity contribution in [2.45, 2.75) is 31.2 Å². The van der Waals surface area contributed by atoms with Crippen molar-refractivity contribution in [1.82, 2.24) is 25.2 Å². The summed E-state index contributed by atoms with van der Waals surface area (Å²) in [5, 5.41) is 18.5. The Balaban J connectivity index is 1.34. The highest BCUT2D eigenvalue weighted by atomic mass is 35.5. The molecule has 11 heteroatoms. The molecule has 0 fully saturated rings. The van der Waals surface area contributed by atoms with Crippen LogP contribution in [0.25, 0.3) is 0 Å². The van der Waals surface area contributed by atoms with Crippen LogP contribution in [0.5, 0.6) is 0 Å². The number of aliphatic hydroxyl groups is 1. The number of aromatic nitrogens is 3. The van der Waals surface area contributed by atoms with E-state index in [1.807, 2.05) is 24.4 Å². The van der Waals surface area contributed by atoms with Crippen LogP contribution in [-0.4, -0.2) is 43.2 Å². The third-order valence-corrected chi connectivity index (χ3v) is 6.70. The highest BCUT2D eigenvalue weighted by molar-refractivity contribution is 6.35. The number of nitrogens with zero attached hydrogens (tertiary/aromatic N) is 5. The van der Waals surface area contributed by atoms with Crippen LogP contribution >= 0.6 is 23.2 Å². The van der Waals surface area contributed by atoms with Crippen LogP contribution in [0.1, 0.15) is 17.5 Å². The van der Waals surface area contributed by atoms with Gasteiger partial charge in [0.2, 0.25) is 0 Å². The Labute approximate surface area is 216 Å². The van der Waals surface area contributed by atoms with E-state index in [-0.39, 0.29) is 24.7 Å². The zero-order valence-electron chi connectivity index (χ0n) is 19.0. The molecule has 3 aromatic rings. The van der Waals surface area contributed by atoms with Crippen molar-refractivity contribution in [2.75, 3.05) is 6.54 Å². The first-order valence-corrected chi connectivity index (χ1v) is 11.9. The molecule has 2 atom stereocenters. The van der Waals surface area contributed by atoms with Gasteiger partial charge in [-0.2, -0.15) is 5.10 Å². The topological polar surface area (TPSA) is 78.6 Å². The Morgan fingerprint density at radius 3 is 2.78 bits per heavy atom. The maximum absolute atomic E-state index is 14.7. The lowest BCUT2D eigenvalue weighted by Crippen LogP contribution is -2.47. The minimum Gasteiger partial charge on any atom is -0.381 e. The Morgan fingerprint density at radius 1 is 1.17 bits per heavy atom. The SMILES string of the molecule is OC(CN1C=C2CC(=NCc3ccc(Cl)cc3Cl)C=CC2N1)(Cn1cncn1)c1ccc(F)cc1F. The van der Waals surface area contributed by atoms with Gasteiger partial charge in [0.1, 0.15) is 29.9 Å². The first kappa shape index (κ1) is 24.6. The second kappa shape index (κ2) is 10.1. The lowest BCUT2D eigenvalue weighted by Gasteiger charge is -2.33. The summed E-state index contributed by atoms with van der Waals surface area (Å²) in [7, 11) is 0. The Hall–Kier alpha value is -3.11. The second-order valence-corrected chi connectivity index (χ2v) is 9.61. The molecule has 36 heavy (non-hydrogen) atoms. The third kappa shape index (κ3) is 5.34. The summed E-state index contributed by atoms with van der Waals surface area (Å²) in [4.78, 5) is 8.58. The minimum absolute atomic E-state index is 0.0177. The van der Waals surface area contributed by atoms with E-state index in [2.05, 4.69) is 20.5 Å². The Kier molecular flexibility index (Phi) is 6.90. The fraction of sp³-hybridized carbons (Fsp3) is 0.240. The second-order valence-electron chi connectivity index (χ2n) is 8.77. The quantitative estimate of drug-likeness (QED) is 0.472. The van der Waals surface area contributed by atoms with Crippen LogP contribution in [0.3, 0.4) is 0 Å². The van der Waals surface area contributed by atoms with Gasteiger partial charge in [-0.05, 0) is 35.4 Å². The monoisotopic (exact) mass is 530 g/mol. The zero-order chi connectivity index (χ0) is 25.3. The Bertz CT molecular complexity index is 1360. The molecule has 0 saturated carbocycles. The molecule has 1 aromatic heterocycles. The van der Waals surface area contributed by atoms with E-state index in [1.165, 1.54) is 23.4 Å². The molecule has 0 saturated heterocycles. The summed E-state index contributed by atoms with van der Waals surface area (Å²) in [5.74, 6) is -1.55. The van der Waals surface area contributed by atoms with Crippen LogP contribution in [0, 0.1) is 11.6 Å². The largest absolute Gasteiger partial charge is 0.381 e. The van der Waals surface area contributed by atoms with E-state index in [0.717, 1.165) is 29.0 Å². The third-order valence-electron chi connectivity index (χ3n) is 6.11. The summed E-state index contributed by atoms with van der Waals surface area (Å²) < 4.78 is 29.7. The molecule has 0 radical (unpaired) electrons. The number of nitrogens with one attached hydrogen (secondary N) is 1. The molecular formula is C25H22Cl2F2N6O. The van der Waals surface area contributed by atoms with E-state index in [9.17, 15) is 13.9 Å². The predicted molar refractivity (Wildman–Crippen MR) is 133 cm³/mol. The Morgan fingerprint density at radius 2 is 2.03 bits per heavy atom. The molecule has 1 aliphatic heterocycles. The smallest absolute Gasteiger partial charge is 0.137 e. The number of hydrogen-bond donors (Lipinski definition) is 2. The molecule has 1 aliphatic carbocycles. The number of fused-ring (bicyclic) bond motifs is 1. The normalized spacial score (nSPS) is 19.9. The molecule has 0 bridgehead atoms. The van der Waals surface area contributed by atoms with Gasteiger partial charge in [0, 0.05) is 40.0 Å². The minimum atomic E-state index is -1.73. The van der Waals surface area contributed by atoms with Crippen molar-refractivity contribution in [2.24, 2.45) is 4.99 Å². The molecule has 7 nitrogen and oxygen atoms in total. The molecular weight excluding hydrogens is 509 g/mol. The molecule has 5 rings (SSSR count). The molecule has 2 unspecified atom stereocenters. The van der Waals surface area contributed by atoms with Crippen LogP contribution in [0.4, 0.5) is 8.78 Å². The first-order chi connectivity index (χ1) is 17.3. The van der Waals surface area contributed by atoms with Gasteiger partial charge >= 0.3 is 0 Å². The first-order valence-electron chi connectivity index (χ1n) is 11.2. The number of hydrogen-bond acceptors (Lipinski definition) is 6. The average Bonchev–Trinajstić information content (AvgIpc) is 3.47. The number of allylic oxidation sites excluding steroid dienone is 1. The molecule has 2 aromatic carbocycles. The maximum atomic E-state index is 14.7. The fourth-order valence-corrected chi connectivity index (χ4v) is 4.83. The number of halogens is 4. The van der Waals surface area contributed by atoms with E-state index < -0.39 is 17.2 Å². The van der Waals surface area contributed by atoms with Gasteiger partial charge in [-0.15, -0.1) is 0 Å². The van der Waals surface area contributed by atoms with Gasteiger partial charge in [0.05, 0.1) is 25.7 Å². The average molecular weight is 531 g/mol. The standard InChI is InChI=1S/C25H22Cl2F2N6O/c26-18-2-1-16(22(27)8-18)10-31-20-4-6-24-17(7-20)11-34(33-24)12-25(36,13-35-15-30-14-32-35)21-5-3-19(28)9-23(21)29/h1-6,8-9,11,14-15,24,33,36H,7,10,12-13H2. The number of β-amino-alcohol motifs (C(OH)–C–C–N with tert-alkyl or cyclic N) is 1. The van der Waals surface area contributed by atoms with Gasteiger partial charge in [0.15, 0.2) is 0 Å². The summed E-state index contributed by atoms with van der Waals surface area (Å²) in [6.45, 7) is 0.328. The van der Waals surface area contributed by atoms with Crippen LogP contribution in [-0.2, 0) is 18.7 Å². The molecule has 2 heterocycles. The van der Waals surface area contributed by atoms with Crippen molar-refractivity contribution < 1.29 is 13.9 Å². The van der Waals surface area contributed by atoms with E-state index in [1.54, 1.807) is 17.1 Å². The van der Waals surface area contributed by atoms with Crippen molar-refractivity contribution in [1.29, 1.82) is 0 Å². The highest BCUT2D eigenvalue weighted by Gasteiger charge is 2.37. The summed E-state index contributed by atoms with van der Waals surface area (Å²) >= 11 is 12.2. The van der Waals surface area contributed by atoms with Crippen molar-refractivity contribution in [3.8, 4) is 0 Å².